The molecule has 3 nitrogen and oxygen atoms in total. The van der Waals surface area contributed by atoms with Gasteiger partial charge in [0.2, 0.25) is 5.91 Å². The van der Waals surface area contributed by atoms with Gasteiger partial charge in [-0.25, -0.2) is 0 Å². The number of amides is 1. The first kappa shape index (κ1) is 14.7. The Morgan fingerprint density at radius 2 is 2.18 bits per heavy atom. The summed E-state index contributed by atoms with van der Waals surface area (Å²) in [6.07, 6.45) is 1.13. The lowest BCUT2D eigenvalue weighted by molar-refractivity contribution is -0.128. The Balaban J connectivity index is 2.24. The fourth-order valence-electron chi connectivity index (χ4n) is 1.27. The molecule has 0 spiro atoms. The Kier molecular flexibility index (Phi) is 6.16. The summed E-state index contributed by atoms with van der Waals surface area (Å²) in [7, 11) is 2.55. The molecule has 1 atom stereocenters. The van der Waals surface area contributed by atoms with Gasteiger partial charge in [-0.2, -0.15) is 0 Å². The first-order valence-corrected chi connectivity index (χ1v) is 7.96. The van der Waals surface area contributed by atoms with Gasteiger partial charge >= 0.3 is 0 Å². The highest BCUT2D eigenvalue weighted by atomic mass is 35.5. The molecular formula is C11H16ClNO2S2. The second kappa shape index (κ2) is 7.13. The van der Waals surface area contributed by atoms with Crippen molar-refractivity contribution in [3.05, 3.63) is 21.3 Å². The summed E-state index contributed by atoms with van der Waals surface area (Å²) >= 11 is 7.25. The number of hydrogen-bond acceptors (Lipinski definition) is 3. The minimum atomic E-state index is -0.906. The third-order valence-corrected chi connectivity index (χ3v) is 4.98. The Bertz CT molecular complexity index is 404. The molecule has 0 saturated carbocycles. The molecule has 1 rings (SSSR count). The Morgan fingerprint density at radius 3 is 2.71 bits per heavy atom. The van der Waals surface area contributed by atoms with Crippen molar-refractivity contribution >= 4 is 39.6 Å². The summed E-state index contributed by atoms with van der Waals surface area (Å²) in [6.45, 7) is 0. The van der Waals surface area contributed by atoms with Crippen LogP contribution in [0.15, 0.2) is 12.1 Å². The van der Waals surface area contributed by atoms with Crippen LogP contribution >= 0.6 is 22.9 Å². The molecule has 0 aromatic carbocycles. The van der Waals surface area contributed by atoms with Gasteiger partial charge < -0.3 is 4.90 Å². The van der Waals surface area contributed by atoms with E-state index >= 15 is 0 Å². The van der Waals surface area contributed by atoms with Crippen LogP contribution in [0.25, 0.3) is 0 Å². The van der Waals surface area contributed by atoms with E-state index in [0.717, 1.165) is 9.21 Å². The van der Waals surface area contributed by atoms with Gasteiger partial charge in [0.25, 0.3) is 0 Å². The number of halogens is 1. The number of carbonyl (C=O) groups is 1. The number of rotatable bonds is 6. The minimum absolute atomic E-state index is 0.0844. The standard InChI is InChI=1S/C11H16ClNO2S2/c1-13(2)11(14)4-3-7-17(15)8-9-5-6-10(12)16-9/h5-6H,3-4,7-8H2,1-2H3/t17-/m1/s1. The molecule has 17 heavy (non-hydrogen) atoms. The quantitative estimate of drug-likeness (QED) is 0.808. The summed E-state index contributed by atoms with van der Waals surface area (Å²) in [4.78, 5) is 13.9. The Labute approximate surface area is 113 Å². The van der Waals surface area contributed by atoms with E-state index < -0.39 is 10.8 Å². The number of nitrogens with zero attached hydrogens (tertiary/aromatic N) is 1. The van der Waals surface area contributed by atoms with Crippen LogP contribution in [0.4, 0.5) is 0 Å². The first-order valence-electron chi connectivity index (χ1n) is 5.28. The molecule has 6 heteroatoms. The molecule has 1 amide bonds. The average molecular weight is 294 g/mol. The van der Waals surface area contributed by atoms with E-state index in [4.69, 9.17) is 11.6 Å². The van der Waals surface area contributed by atoms with Crippen LogP contribution in [0.1, 0.15) is 17.7 Å². The molecule has 0 aliphatic rings. The molecule has 96 valence electrons. The smallest absolute Gasteiger partial charge is 0.222 e. The maximum Gasteiger partial charge on any atom is 0.222 e. The van der Waals surface area contributed by atoms with E-state index in [1.165, 1.54) is 11.3 Å². The summed E-state index contributed by atoms with van der Waals surface area (Å²) in [6, 6.07) is 3.71. The van der Waals surface area contributed by atoms with Crippen molar-refractivity contribution in [3.63, 3.8) is 0 Å². The van der Waals surface area contributed by atoms with Gasteiger partial charge in [0, 0.05) is 41.9 Å². The molecule has 0 unspecified atom stereocenters. The minimum Gasteiger partial charge on any atom is -0.349 e. The predicted molar refractivity (Wildman–Crippen MR) is 74.0 cm³/mol. The van der Waals surface area contributed by atoms with Crippen LogP contribution in [0, 0.1) is 0 Å². The van der Waals surface area contributed by atoms with Gasteiger partial charge in [-0.15, -0.1) is 11.3 Å². The van der Waals surface area contributed by atoms with Crippen LogP contribution in [0.5, 0.6) is 0 Å². The first-order chi connectivity index (χ1) is 7.99. The molecule has 0 aliphatic heterocycles. The van der Waals surface area contributed by atoms with Gasteiger partial charge in [-0.1, -0.05) is 11.6 Å². The van der Waals surface area contributed by atoms with Crippen molar-refractivity contribution < 1.29 is 9.00 Å². The van der Waals surface area contributed by atoms with Crippen molar-refractivity contribution in [3.8, 4) is 0 Å². The van der Waals surface area contributed by atoms with E-state index in [2.05, 4.69) is 0 Å². The lowest BCUT2D eigenvalue weighted by Crippen LogP contribution is -2.21. The summed E-state index contributed by atoms with van der Waals surface area (Å²) < 4.78 is 12.4. The third kappa shape index (κ3) is 5.66. The third-order valence-electron chi connectivity index (χ3n) is 2.19. The maximum absolute atomic E-state index is 11.7. The van der Waals surface area contributed by atoms with Crippen LogP contribution in [0.3, 0.4) is 0 Å². The van der Waals surface area contributed by atoms with Crippen molar-refractivity contribution in [2.45, 2.75) is 18.6 Å². The average Bonchev–Trinajstić information content (AvgIpc) is 2.63. The SMILES string of the molecule is CN(C)C(=O)CCC[S@@](=O)Cc1ccc(Cl)s1. The molecule has 0 bridgehead atoms. The van der Waals surface area contributed by atoms with Crippen molar-refractivity contribution in [1.82, 2.24) is 4.90 Å². The maximum atomic E-state index is 11.7. The second-order valence-corrected chi connectivity index (χ2v) is 7.26. The fourth-order valence-corrected chi connectivity index (χ4v) is 3.81. The van der Waals surface area contributed by atoms with E-state index in [-0.39, 0.29) is 5.91 Å². The van der Waals surface area contributed by atoms with Crippen LogP contribution in [0.2, 0.25) is 4.34 Å². The van der Waals surface area contributed by atoms with Crippen molar-refractivity contribution in [2.24, 2.45) is 0 Å². The molecule has 1 aromatic rings. The van der Waals surface area contributed by atoms with E-state index in [1.807, 2.05) is 12.1 Å². The zero-order chi connectivity index (χ0) is 12.8. The van der Waals surface area contributed by atoms with Gasteiger partial charge in [-0.3, -0.25) is 9.00 Å². The molecule has 0 saturated heterocycles. The van der Waals surface area contributed by atoms with Crippen LogP contribution in [-0.2, 0) is 21.3 Å². The highest BCUT2D eigenvalue weighted by Gasteiger charge is 2.07. The lowest BCUT2D eigenvalue weighted by atomic mass is 10.3. The number of hydrogen-bond donors (Lipinski definition) is 0. The van der Waals surface area contributed by atoms with Gasteiger partial charge in [-0.05, 0) is 18.6 Å². The summed E-state index contributed by atoms with van der Waals surface area (Å²) in [5.41, 5.74) is 0. The fraction of sp³-hybridized carbons (Fsp3) is 0.545. The number of carbonyl (C=O) groups excluding carboxylic acids is 1. The van der Waals surface area contributed by atoms with Crippen LogP contribution < -0.4 is 0 Å². The van der Waals surface area contributed by atoms with Crippen molar-refractivity contribution in [2.75, 3.05) is 19.8 Å². The molecule has 1 aromatic heterocycles. The highest BCUT2D eigenvalue weighted by molar-refractivity contribution is 7.84. The van der Waals surface area contributed by atoms with Gasteiger partial charge in [0.15, 0.2) is 0 Å². The van der Waals surface area contributed by atoms with Crippen molar-refractivity contribution in [1.29, 1.82) is 0 Å². The predicted octanol–water partition coefficient (Wildman–Crippen LogP) is 2.52. The Morgan fingerprint density at radius 1 is 1.47 bits per heavy atom. The molecule has 1 heterocycles. The zero-order valence-electron chi connectivity index (χ0n) is 9.94. The second-order valence-electron chi connectivity index (χ2n) is 3.89. The summed E-state index contributed by atoms with van der Waals surface area (Å²) in [5.74, 6) is 1.18. The van der Waals surface area contributed by atoms with Crippen LogP contribution in [-0.4, -0.2) is 34.9 Å². The monoisotopic (exact) mass is 293 g/mol. The van der Waals surface area contributed by atoms with E-state index in [9.17, 15) is 9.00 Å². The molecule has 0 N–H and O–H groups in total. The van der Waals surface area contributed by atoms with E-state index in [0.29, 0.717) is 24.3 Å². The van der Waals surface area contributed by atoms with Gasteiger partial charge in [0.05, 0.1) is 10.1 Å². The number of thiophene rings is 1. The molecule has 0 radical (unpaired) electrons. The molecule has 0 fully saturated rings. The largest absolute Gasteiger partial charge is 0.349 e. The van der Waals surface area contributed by atoms with Gasteiger partial charge in [0.1, 0.15) is 0 Å². The molecular weight excluding hydrogens is 278 g/mol. The summed E-state index contributed by atoms with van der Waals surface area (Å²) in [5, 5.41) is 0. The normalized spacial score (nSPS) is 12.4. The zero-order valence-corrected chi connectivity index (χ0v) is 12.3. The highest BCUT2D eigenvalue weighted by Crippen LogP contribution is 2.22. The molecule has 0 aliphatic carbocycles. The topological polar surface area (TPSA) is 37.4 Å². The lowest BCUT2D eigenvalue weighted by Gasteiger charge is -2.09. The Hall–Kier alpha value is -0.390. The van der Waals surface area contributed by atoms with E-state index in [1.54, 1.807) is 19.0 Å².